The first-order valence-corrected chi connectivity index (χ1v) is 14.9. The minimum atomic E-state index is -0.546. The molecular weight excluding hydrogens is 328 g/mol. The molecule has 0 aromatic carbocycles. The molecule has 0 rings (SSSR count). The van der Waals surface area contributed by atoms with E-state index in [4.69, 9.17) is 5.11 Å². The van der Waals surface area contributed by atoms with Crippen molar-refractivity contribution in [3.05, 3.63) is 0 Å². The van der Waals surface area contributed by atoms with Crippen LogP contribution < -0.4 is 0 Å². The molecule has 30 valence electrons. The number of carboxylic acid groups (broad SMARTS) is 1. The summed E-state index contributed by atoms with van der Waals surface area (Å²) in [7, 11) is 0. The van der Waals surface area contributed by atoms with E-state index in [1.165, 1.54) is 0 Å². The standard InChI is InChI=1S/CH2AsO2.Bi.2H/c2-1(3)4;;;/h2H,(H,3,4);;;/q-1;+1;;. The Morgan fingerprint density at radius 2 is 2.20 bits per heavy atom. The van der Waals surface area contributed by atoms with Gasteiger partial charge in [0.2, 0.25) is 0 Å². The minimum absolute atomic E-state index is 0.472. The van der Waals surface area contributed by atoms with Crippen LogP contribution in [0, 0.1) is 0 Å². The second kappa shape index (κ2) is 3.12. The SMILES string of the molecule is O=C(O)[AsH][BiH2]. The molecule has 0 aliphatic carbocycles. The van der Waals surface area contributed by atoms with E-state index in [1.807, 2.05) is 0 Å². The van der Waals surface area contributed by atoms with Crippen molar-refractivity contribution in [2.24, 2.45) is 0 Å². The molecule has 0 aliphatic heterocycles. The van der Waals surface area contributed by atoms with Crippen LogP contribution in [0.15, 0.2) is 0 Å². The van der Waals surface area contributed by atoms with Gasteiger partial charge in [-0.25, -0.2) is 0 Å². The Morgan fingerprint density at radius 1 is 2.00 bits per heavy atom. The van der Waals surface area contributed by atoms with Crippen molar-refractivity contribution in [1.82, 2.24) is 0 Å². The molecule has 0 bridgehead atoms. The molecular formula is CH4AsBiO2. The first-order valence-electron chi connectivity index (χ1n) is 0.966. The summed E-state index contributed by atoms with van der Waals surface area (Å²) >= 11 is 0.262. The molecule has 0 saturated carbocycles. The van der Waals surface area contributed by atoms with Gasteiger partial charge < -0.3 is 0 Å². The summed E-state index contributed by atoms with van der Waals surface area (Å²) < 4.78 is -0.546. The summed E-state index contributed by atoms with van der Waals surface area (Å²) in [6, 6.07) is 0. The monoisotopic (exact) mass is 332 g/mol. The van der Waals surface area contributed by atoms with Gasteiger partial charge in [-0.15, -0.1) is 0 Å². The van der Waals surface area contributed by atoms with Crippen molar-refractivity contribution in [2.45, 2.75) is 0 Å². The summed E-state index contributed by atoms with van der Waals surface area (Å²) in [5, 5.41) is 7.82. The molecule has 0 heterocycles. The quantitative estimate of drug-likeness (QED) is 0.603. The van der Waals surface area contributed by atoms with Crippen LogP contribution in [0.25, 0.3) is 0 Å². The first-order chi connectivity index (χ1) is 2.27. The first kappa shape index (κ1) is 5.91. The third-order valence-corrected chi connectivity index (χ3v) is 5.63. The molecule has 2 nitrogen and oxygen atoms in total. The Labute approximate surface area is 48.5 Å². The van der Waals surface area contributed by atoms with Crippen molar-refractivity contribution in [2.75, 3.05) is 0 Å². The van der Waals surface area contributed by atoms with Crippen molar-refractivity contribution >= 4 is 38.8 Å². The van der Waals surface area contributed by atoms with Crippen LogP contribution in [0.3, 0.4) is 0 Å². The maximum absolute atomic E-state index is 9.47. The van der Waals surface area contributed by atoms with Crippen molar-refractivity contribution in [1.29, 1.82) is 0 Å². The van der Waals surface area contributed by atoms with Crippen LogP contribution in [0.1, 0.15) is 0 Å². The van der Waals surface area contributed by atoms with Gasteiger partial charge in [0, 0.05) is 0 Å². The number of rotatable bonds is 1. The topological polar surface area (TPSA) is 37.3 Å². The second-order valence-corrected chi connectivity index (χ2v) is 7.78. The molecule has 1 atom stereocenters. The van der Waals surface area contributed by atoms with Crippen LogP contribution in [0.5, 0.6) is 0 Å². The normalized spacial score (nSPS) is 9.80. The zero-order valence-electron chi connectivity index (χ0n) is 2.43. The van der Waals surface area contributed by atoms with Crippen molar-refractivity contribution < 1.29 is 9.90 Å². The van der Waals surface area contributed by atoms with E-state index in [2.05, 4.69) is 0 Å². The molecule has 1 N–H and O–H groups in total. The predicted molar refractivity (Wildman–Crippen MR) is 23.7 cm³/mol. The summed E-state index contributed by atoms with van der Waals surface area (Å²) in [5.41, 5.74) is 0. The molecule has 0 spiro atoms. The fourth-order valence-corrected chi connectivity index (χ4v) is 0. The van der Waals surface area contributed by atoms with Gasteiger partial charge in [-0.1, -0.05) is 0 Å². The Balaban J connectivity index is 2.85. The molecule has 0 saturated heterocycles. The summed E-state index contributed by atoms with van der Waals surface area (Å²) in [6.45, 7) is 0. The average molecular weight is 332 g/mol. The molecule has 4 heteroatoms. The fourth-order valence-electron chi connectivity index (χ4n) is 0. The van der Waals surface area contributed by atoms with Gasteiger partial charge >= 0.3 is 48.7 Å². The van der Waals surface area contributed by atoms with Gasteiger partial charge in [0.25, 0.3) is 0 Å². The van der Waals surface area contributed by atoms with Gasteiger partial charge in [-0.05, 0) is 0 Å². The van der Waals surface area contributed by atoms with Crippen LogP contribution >= 0.6 is 0 Å². The van der Waals surface area contributed by atoms with E-state index in [0.29, 0.717) is 0 Å². The Morgan fingerprint density at radius 3 is 2.20 bits per heavy atom. The number of hydrogen-bond donors (Lipinski definition) is 1. The predicted octanol–water partition coefficient (Wildman–Crippen LogP) is -1.35. The fraction of sp³-hybridized carbons (Fsp3) is 0. The van der Waals surface area contributed by atoms with Gasteiger partial charge in [0.05, 0.1) is 0 Å². The summed E-state index contributed by atoms with van der Waals surface area (Å²) in [5.74, 6) is 0. The number of carbonyl (C=O) groups is 1. The van der Waals surface area contributed by atoms with Gasteiger partial charge in [0.1, 0.15) is 0 Å². The molecule has 0 aliphatic rings. The van der Waals surface area contributed by atoms with Crippen molar-refractivity contribution in [3.8, 4) is 0 Å². The second-order valence-electron chi connectivity index (χ2n) is 0.449. The van der Waals surface area contributed by atoms with Gasteiger partial charge in [-0.3, -0.25) is 0 Å². The average Bonchev–Trinajstić information content (AvgIpc) is 1.38. The van der Waals surface area contributed by atoms with Crippen LogP contribution in [0.2, 0.25) is 0 Å². The Kier molecular flexibility index (Phi) is 3.68. The third kappa shape index (κ3) is 4.91. The van der Waals surface area contributed by atoms with E-state index < -0.39 is 16.7 Å². The number of hydrogen-bond acceptors (Lipinski definition) is 1. The Hall–Kier alpha value is 0.912. The van der Waals surface area contributed by atoms with E-state index in [1.54, 1.807) is 0 Å². The molecule has 0 aromatic heterocycles. The molecule has 0 fully saturated rings. The molecule has 0 amide bonds. The maximum atomic E-state index is 9.47. The van der Waals surface area contributed by atoms with E-state index in [9.17, 15) is 4.79 Å². The third-order valence-electron chi connectivity index (χ3n) is 0.123. The van der Waals surface area contributed by atoms with Crippen LogP contribution in [0.4, 0.5) is 4.79 Å². The van der Waals surface area contributed by atoms with Crippen LogP contribution in [-0.4, -0.2) is 43.9 Å². The van der Waals surface area contributed by atoms with Crippen LogP contribution in [-0.2, 0) is 0 Å². The molecule has 0 aromatic rings. The zero-order chi connectivity index (χ0) is 4.28. The molecule has 5 heavy (non-hydrogen) atoms. The van der Waals surface area contributed by atoms with Gasteiger partial charge in [0.15, 0.2) is 0 Å². The Bertz CT molecular complexity index is 44.9. The molecule has 0 radical (unpaired) electrons. The van der Waals surface area contributed by atoms with Crippen molar-refractivity contribution in [3.63, 3.8) is 0 Å². The summed E-state index contributed by atoms with van der Waals surface area (Å²) in [6.07, 6.45) is 0. The van der Waals surface area contributed by atoms with Gasteiger partial charge in [-0.2, -0.15) is 0 Å². The zero-order valence-corrected chi connectivity index (χ0v) is 9.02. The molecule has 1 unspecified atom stereocenters. The van der Waals surface area contributed by atoms with E-state index >= 15 is 0 Å². The van der Waals surface area contributed by atoms with E-state index in [-0.39, 0.29) is 0 Å². The van der Waals surface area contributed by atoms with E-state index in [0.717, 1.165) is 22.1 Å². The summed E-state index contributed by atoms with van der Waals surface area (Å²) in [4.78, 5) is 9.47.